The first-order chi connectivity index (χ1) is 15.9. The second-order valence-corrected chi connectivity index (χ2v) is 8.04. The standard InChI is InChI=1S/C25H24Cl2N2O4/c1-2-32-24(30)6-4-3-5-17-7-11-20(12-8-17)33-23-14-10-19(16-28-23)29-25(31)18-9-13-21(26)22(27)15-18/h7-16H,2-6H2,1H3,(H,29,31). The Labute approximate surface area is 202 Å². The minimum Gasteiger partial charge on any atom is -0.466 e. The Balaban J connectivity index is 1.47. The fourth-order valence-electron chi connectivity index (χ4n) is 3.03. The summed E-state index contributed by atoms with van der Waals surface area (Å²) in [6.45, 7) is 2.23. The lowest BCUT2D eigenvalue weighted by molar-refractivity contribution is -0.143. The van der Waals surface area contributed by atoms with Crippen LogP contribution in [0.3, 0.4) is 0 Å². The van der Waals surface area contributed by atoms with E-state index in [4.69, 9.17) is 32.7 Å². The lowest BCUT2D eigenvalue weighted by Gasteiger charge is -2.08. The van der Waals surface area contributed by atoms with Crippen molar-refractivity contribution in [3.8, 4) is 11.6 Å². The summed E-state index contributed by atoms with van der Waals surface area (Å²) in [7, 11) is 0. The molecule has 0 spiro atoms. The zero-order valence-electron chi connectivity index (χ0n) is 18.1. The third-order valence-electron chi connectivity index (χ3n) is 4.72. The smallest absolute Gasteiger partial charge is 0.305 e. The SMILES string of the molecule is CCOC(=O)CCCCc1ccc(Oc2ccc(NC(=O)c3ccc(Cl)c(Cl)c3)cn2)cc1. The molecule has 1 N–H and O–H groups in total. The highest BCUT2D eigenvalue weighted by molar-refractivity contribution is 6.42. The molecule has 1 aromatic heterocycles. The van der Waals surface area contributed by atoms with Crippen LogP contribution in [0.5, 0.6) is 11.6 Å². The number of amides is 1. The number of rotatable bonds is 10. The van der Waals surface area contributed by atoms with Gasteiger partial charge in [-0.3, -0.25) is 9.59 Å². The predicted octanol–water partition coefficient (Wildman–Crippen LogP) is 6.71. The molecule has 3 aromatic rings. The molecule has 0 atom stereocenters. The number of aromatic nitrogens is 1. The average Bonchev–Trinajstić information content (AvgIpc) is 2.81. The molecular formula is C25H24Cl2N2O4. The summed E-state index contributed by atoms with van der Waals surface area (Å²) in [5.41, 5.74) is 2.09. The predicted molar refractivity (Wildman–Crippen MR) is 129 cm³/mol. The number of pyridine rings is 1. The topological polar surface area (TPSA) is 77.5 Å². The van der Waals surface area contributed by atoms with Crippen molar-refractivity contribution < 1.29 is 19.1 Å². The van der Waals surface area contributed by atoms with Gasteiger partial charge in [0, 0.05) is 18.1 Å². The summed E-state index contributed by atoms with van der Waals surface area (Å²) in [4.78, 5) is 27.9. The zero-order valence-corrected chi connectivity index (χ0v) is 19.7. The van der Waals surface area contributed by atoms with Crippen LogP contribution in [0.4, 0.5) is 5.69 Å². The number of halogens is 2. The molecule has 172 valence electrons. The maximum atomic E-state index is 12.3. The molecular weight excluding hydrogens is 463 g/mol. The molecule has 0 saturated heterocycles. The fraction of sp³-hybridized carbons (Fsp3) is 0.240. The Morgan fingerprint density at radius 3 is 2.42 bits per heavy atom. The molecule has 0 fully saturated rings. The third kappa shape index (κ3) is 7.77. The Hall–Kier alpha value is -3.09. The first kappa shape index (κ1) is 24.6. The highest BCUT2D eigenvalue weighted by Crippen LogP contribution is 2.24. The van der Waals surface area contributed by atoms with E-state index in [1.54, 1.807) is 24.3 Å². The molecule has 3 rings (SSSR count). The van der Waals surface area contributed by atoms with Crippen molar-refractivity contribution in [2.24, 2.45) is 0 Å². The number of carbonyl (C=O) groups is 2. The molecule has 2 aromatic carbocycles. The van der Waals surface area contributed by atoms with Crippen LogP contribution in [-0.4, -0.2) is 23.5 Å². The molecule has 0 radical (unpaired) electrons. The fourth-order valence-corrected chi connectivity index (χ4v) is 3.33. The number of hydrogen-bond acceptors (Lipinski definition) is 5. The zero-order chi connectivity index (χ0) is 23.6. The number of ether oxygens (including phenoxy) is 2. The van der Waals surface area contributed by atoms with Crippen molar-refractivity contribution in [3.05, 3.63) is 82.0 Å². The summed E-state index contributed by atoms with van der Waals surface area (Å²) in [5, 5.41) is 3.46. The summed E-state index contributed by atoms with van der Waals surface area (Å²) in [6, 6.07) is 15.8. The second-order valence-electron chi connectivity index (χ2n) is 7.23. The highest BCUT2D eigenvalue weighted by atomic mass is 35.5. The van der Waals surface area contributed by atoms with E-state index >= 15 is 0 Å². The van der Waals surface area contributed by atoms with E-state index in [1.165, 1.54) is 17.8 Å². The Kier molecular flexibility index (Phi) is 9.10. The summed E-state index contributed by atoms with van der Waals surface area (Å²) in [5.74, 6) is 0.602. The number of esters is 1. The molecule has 1 amide bonds. The van der Waals surface area contributed by atoms with Crippen LogP contribution in [0.15, 0.2) is 60.8 Å². The summed E-state index contributed by atoms with van der Waals surface area (Å²) < 4.78 is 10.7. The molecule has 0 bridgehead atoms. The van der Waals surface area contributed by atoms with Crippen molar-refractivity contribution in [1.82, 2.24) is 4.98 Å². The minimum atomic E-state index is -0.318. The van der Waals surface area contributed by atoms with Gasteiger partial charge < -0.3 is 14.8 Å². The van der Waals surface area contributed by atoms with E-state index in [1.807, 2.05) is 31.2 Å². The summed E-state index contributed by atoms with van der Waals surface area (Å²) in [6.07, 6.45) is 4.56. The summed E-state index contributed by atoms with van der Waals surface area (Å²) >= 11 is 11.8. The molecule has 1 heterocycles. The second kappa shape index (κ2) is 12.2. The van der Waals surface area contributed by atoms with Gasteiger partial charge in [0.25, 0.3) is 5.91 Å². The van der Waals surface area contributed by atoms with Crippen molar-refractivity contribution in [1.29, 1.82) is 0 Å². The number of nitrogens with one attached hydrogen (secondary N) is 1. The molecule has 0 unspecified atom stereocenters. The maximum Gasteiger partial charge on any atom is 0.305 e. The van der Waals surface area contributed by atoms with Crippen molar-refractivity contribution in [3.63, 3.8) is 0 Å². The number of aryl methyl sites for hydroxylation is 1. The highest BCUT2D eigenvalue weighted by Gasteiger charge is 2.09. The molecule has 0 aliphatic rings. The van der Waals surface area contributed by atoms with Crippen LogP contribution in [0.25, 0.3) is 0 Å². The monoisotopic (exact) mass is 486 g/mol. The third-order valence-corrected chi connectivity index (χ3v) is 5.46. The Morgan fingerprint density at radius 2 is 1.76 bits per heavy atom. The van der Waals surface area contributed by atoms with E-state index < -0.39 is 0 Å². The van der Waals surface area contributed by atoms with Gasteiger partial charge in [-0.05, 0) is 68.1 Å². The quantitative estimate of drug-likeness (QED) is 0.254. The van der Waals surface area contributed by atoms with E-state index in [2.05, 4.69) is 10.3 Å². The van der Waals surface area contributed by atoms with E-state index in [0.717, 1.165) is 19.3 Å². The molecule has 6 nitrogen and oxygen atoms in total. The number of hydrogen-bond donors (Lipinski definition) is 1. The van der Waals surface area contributed by atoms with E-state index in [-0.39, 0.29) is 11.9 Å². The van der Waals surface area contributed by atoms with Crippen molar-refractivity contribution >= 4 is 40.8 Å². The number of nitrogens with zero attached hydrogens (tertiary/aromatic N) is 1. The van der Waals surface area contributed by atoms with Crippen LogP contribution in [0.1, 0.15) is 42.1 Å². The molecule has 0 aliphatic heterocycles. The van der Waals surface area contributed by atoms with Gasteiger partial charge in [0.05, 0.1) is 28.5 Å². The number of unbranched alkanes of at least 4 members (excludes halogenated alkanes) is 1. The van der Waals surface area contributed by atoms with Gasteiger partial charge in [0.2, 0.25) is 5.88 Å². The van der Waals surface area contributed by atoms with Crippen molar-refractivity contribution in [2.45, 2.75) is 32.6 Å². The number of carbonyl (C=O) groups excluding carboxylic acids is 2. The van der Waals surface area contributed by atoms with Gasteiger partial charge in [-0.1, -0.05) is 35.3 Å². The molecule has 0 aliphatic carbocycles. The van der Waals surface area contributed by atoms with Gasteiger partial charge in [-0.15, -0.1) is 0 Å². The lowest BCUT2D eigenvalue weighted by atomic mass is 10.1. The first-order valence-electron chi connectivity index (χ1n) is 10.6. The average molecular weight is 487 g/mol. The van der Waals surface area contributed by atoms with Gasteiger partial charge in [0.1, 0.15) is 5.75 Å². The van der Waals surface area contributed by atoms with Gasteiger partial charge in [-0.2, -0.15) is 0 Å². The number of benzene rings is 2. The van der Waals surface area contributed by atoms with E-state index in [0.29, 0.717) is 46.0 Å². The molecule has 33 heavy (non-hydrogen) atoms. The van der Waals surface area contributed by atoms with Crippen LogP contribution >= 0.6 is 23.2 Å². The van der Waals surface area contributed by atoms with Crippen LogP contribution in [0.2, 0.25) is 10.0 Å². The van der Waals surface area contributed by atoms with Crippen molar-refractivity contribution in [2.75, 3.05) is 11.9 Å². The van der Waals surface area contributed by atoms with Gasteiger partial charge in [-0.25, -0.2) is 4.98 Å². The van der Waals surface area contributed by atoms with Gasteiger partial charge >= 0.3 is 5.97 Å². The lowest BCUT2D eigenvalue weighted by Crippen LogP contribution is -2.12. The van der Waals surface area contributed by atoms with E-state index in [9.17, 15) is 9.59 Å². The van der Waals surface area contributed by atoms with Gasteiger partial charge in [0.15, 0.2) is 0 Å². The largest absolute Gasteiger partial charge is 0.466 e. The maximum absolute atomic E-state index is 12.3. The number of anilines is 1. The van der Waals surface area contributed by atoms with Crippen LogP contribution < -0.4 is 10.1 Å². The Bertz CT molecular complexity index is 1090. The normalized spacial score (nSPS) is 10.5. The first-order valence-corrected chi connectivity index (χ1v) is 11.3. The molecule has 0 saturated carbocycles. The van der Waals surface area contributed by atoms with Crippen LogP contribution in [0, 0.1) is 0 Å². The minimum absolute atomic E-state index is 0.145. The molecule has 8 heteroatoms. The Morgan fingerprint density at radius 1 is 0.970 bits per heavy atom. The van der Waals surface area contributed by atoms with Crippen LogP contribution in [-0.2, 0) is 16.0 Å².